The molecule has 2 heterocycles. The molecule has 3 aromatic rings. The Morgan fingerprint density at radius 1 is 1.26 bits per heavy atom. The van der Waals surface area contributed by atoms with Crippen LogP contribution in [0.1, 0.15) is 17.4 Å². The zero-order valence-corrected chi connectivity index (χ0v) is 12.7. The minimum absolute atomic E-state index is 0.0279. The molecule has 0 saturated heterocycles. The van der Waals surface area contributed by atoms with Crippen molar-refractivity contribution in [2.75, 3.05) is 11.9 Å². The van der Waals surface area contributed by atoms with Gasteiger partial charge in [0, 0.05) is 18.8 Å². The summed E-state index contributed by atoms with van der Waals surface area (Å²) in [5.74, 6) is 0.709. The van der Waals surface area contributed by atoms with E-state index >= 15 is 0 Å². The summed E-state index contributed by atoms with van der Waals surface area (Å²) in [6.07, 6.45) is 1.54. The number of amides is 1. The van der Waals surface area contributed by atoms with E-state index in [1.54, 1.807) is 13.1 Å². The van der Waals surface area contributed by atoms with Crippen molar-refractivity contribution in [1.29, 1.82) is 0 Å². The standard InChI is InChI=1S/C15H15N5O3/c1-3-22-11-6-4-10(5-7-11)14-18-19-15(23-14)17-13(21)12-8-9-16-20(12)2/h4-9H,3H2,1-2H3,(H,17,19,21). The molecule has 23 heavy (non-hydrogen) atoms. The average Bonchev–Trinajstić information content (AvgIpc) is 3.17. The summed E-state index contributed by atoms with van der Waals surface area (Å²) in [5, 5.41) is 14.2. The number of carbonyl (C=O) groups excluding carboxylic acids is 1. The van der Waals surface area contributed by atoms with Crippen LogP contribution in [0.4, 0.5) is 6.01 Å². The Bertz CT molecular complexity index is 807. The molecule has 1 amide bonds. The fourth-order valence-electron chi connectivity index (χ4n) is 2.01. The van der Waals surface area contributed by atoms with Crippen molar-refractivity contribution in [2.45, 2.75) is 6.92 Å². The van der Waals surface area contributed by atoms with Gasteiger partial charge in [-0.25, -0.2) is 0 Å². The van der Waals surface area contributed by atoms with Crippen molar-refractivity contribution < 1.29 is 13.9 Å². The van der Waals surface area contributed by atoms with Gasteiger partial charge < -0.3 is 9.15 Å². The van der Waals surface area contributed by atoms with Crippen molar-refractivity contribution in [3.05, 3.63) is 42.2 Å². The normalized spacial score (nSPS) is 10.5. The smallest absolute Gasteiger partial charge is 0.322 e. The summed E-state index contributed by atoms with van der Waals surface area (Å²) in [6, 6.07) is 8.88. The first-order valence-corrected chi connectivity index (χ1v) is 7.03. The first-order chi connectivity index (χ1) is 11.2. The summed E-state index contributed by atoms with van der Waals surface area (Å²) < 4.78 is 12.3. The number of benzene rings is 1. The van der Waals surface area contributed by atoms with Crippen LogP contribution >= 0.6 is 0 Å². The van der Waals surface area contributed by atoms with Crippen molar-refractivity contribution in [3.8, 4) is 17.2 Å². The van der Waals surface area contributed by atoms with E-state index in [1.165, 1.54) is 10.9 Å². The van der Waals surface area contributed by atoms with E-state index in [-0.39, 0.29) is 11.9 Å². The predicted octanol–water partition coefficient (Wildman–Crippen LogP) is 2.12. The van der Waals surface area contributed by atoms with Crippen molar-refractivity contribution >= 4 is 11.9 Å². The number of anilines is 1. The Hall–Kier alpha value is -3.16. The molecule has 0 fully saturated rings. The van der Waals surface area contributed by atoms with E-state index < -0.39 is 0 Å². The Balaban J connectivity index is 1.73. The van der Waals surface area contributed by atoms with Crippen molar-refractivity contribution in [1.82, 2.24) is 20.0 Å². The van der Waals surface area contributed by atoms with Gasteiger partial charge in [-0.05, 0) is 37.3 Å². The molecule has 1 aromatic carbocycles. The van der Waals surface area contributed by atoms with Crippen LogP contribution in [0, 0.1) is 0 Å². The maximum Gasteiger partial charge on any atom is 0.322 e. The highest BCUT2D eigenvalue weighted by Gasteiger charge is 2.15. The highest BCUT2D eigenvalue weighted by atomic mass is 16.5. The molecule has 2 aromatic heterocycles. The maximum absolute atomic E-state index is 12.0. The Kier molecular flexibility index (Phi) is 4.05. The SMILES string of the molecule is CCOc1ccc(-c2nnc(NC(=O)c3ccnn3C)o2)cc1. The quantitative estimate of drug-likeness (QED) is 0.775. The highest BCUT2D eigenvalue weighted by molar-refractivity contribution is 6.01. The van der Waals surface area contributed by atoms with Crippen molar-refractivity contribution in [2.24, 2.45) is 7.05 Å². The average molecular weight is 313 g/mol. The second-order valence-electron chi connectivity index (χ2n) is 4.66. The summed E-state index contributed by atoms with van der Waals surface area (Å²) in [4.78, 5) is 12.0. The fraction of sp³-hybridized carbons (Fsp3) is 0.200. The van der Waals surface area contributed by atoms with Crippen LogP contribution in [0.5, 0.6) is 5.75 Å². The fourth-order valence-corrected chi connectivity index (χ4v) is 2.01. The lowest BCUT2D eigenvalue weighted by Crippen LogP contribution is -2.16. The molecule has 0 aliphatic rings. The minimum Gasteiger partial charge on any atom is -0.494 e. The van der Waals surface area contributed by atoms with Gasteiger partial charge in [0.05, 0.1) is 6.61 Å². The van der Waals surface area contributed by atoms with Gasteiger partial charge in [0.2, 0.25) is 5.89 Å². The lowest BCUT2D eigenvalue weighted by atomic mass is 10.2. The van der Waals surface area contributed by atoms with E-state index in [1.807, 2.05) is 31.2 Å². The minimum atomic E-state index is -0.369. The Labute approximate surface area is 132 Å². The zero-order valence-electron chi connectivity index (χ0n) is 12.7. The maximum atomic E-state index is 12.0. The molecule has 0 bridgehead atoms. The number of ether oxygens (including phenoxy) is 1. The number of nitrogens with zero attached hydrogens (tertiary/aromatic N) is 4. The molecule has 0 spiro atoms. The Morgan fingerprint density at radius 2 is 2.04 bits per heavy atom. The monoisotopic (exact) mass is 313 g/mol. The van der Waals surface area contributed by atoms with E-state index in [0.717, 1.165) is 11.3 Å². The van der Waals surface area contributed by atoms with Gasteiger partial charge in [0.25, 0.3) is 5.91 Å². The molecule has 1 N–H and O–H groups in total. The molecule has 0 saturated carbocycles. The molecule has 8 nitrogen and oxygen atoms in total. The first-order valence-electron chi connectivity index (χ1n) is 7.03. The number of hydrogen-bond acceptors (Lipinski definition) is 6. The first kappa shape index (κ1) is 14.8. The zero-order chi connectivity index (χ0) is 16.2. The topological polar surface area (TPSA) is 95.1 Å². The van der Waals surface area contributed by atoms with Crippen LogP contribution in [-0.2, 0) is 7.05 Å². The highest BCUT2D eigenvalue weighted by Crippen LogP contribution is 2.22. The lowest BCUT2D eigenvalue weighted by Gasteiger charge is -2.02. The number of aromatic nitrogens is 4. The summed E-state index contributed by atoms with van der Waals surface area (Å²) in [5.41, 5.74) is 1.13. The van der Waals surface area contributed by atoms with E-state index in [9.17, 15) is 4.79 Å². The van der Waals surface area contributed by atoms with Gasteiger partial charge in [-0.1, -0.05) is 5.10 Å². The second kappa shape index (κ2) is 6.30. The number of carbonyl (C=O) groups is 1. The van der Waals surface area contributed by atoms with Crippen LogP contribution < -0.4 is 10.1 Å². The molecular weight excluding hydrogens is 298 g/mol. The van der Waals surface area contributed by atoms with Gasteiger partial charge in [0.1, 0.15) is 11.4 Å². The molecule has 0 atom stereocenters. The van der Waals surface area contributed by atoms with Gasteiger partial charge in [-0.3, -0.25) is 14.8 Å². The lowest BCUT2D eigenvalue weighted by molar-refractivity contribution is 0.101. The van der Waals surface area contributed by atoms with E-state index in [0.29, 0.717) is 18.2 Å². The van der Waals surface area contributed by atoms with Crippen molar-refractivity contribution in [3.63, 3.8) is 0 Å². The van der Waals surface area contributed by atoms with Crippen LogP contribution in [0.2, 0.25) is 0 Å². The van der Waals surface area contributed by atoms with Gasteiger partial charge in [-0.2, -0.15) is 5.10 Å². The number of nitrogens with one attached hydrogen (secondary N) is 1. The third-order valence-electron chi connectivity index (χ3n) is 3.11. The third kappa shape index (κ3) is 3.20. The number of rotatable bonds is 5. The van der Waals surface area contributed by atoms with Gasteiger partial charge >= 0.3 is 6.01 Å². The second-order valence-corrected chi connectivity index (χ2v) is 4.66. The summed E-state index contributed by atoms with van der Waals surface area (Å²) >= 11 is 0. The molecule has 0 unspecified atom stereocenters. The van der Waals surface area contributed by atoms with Crippen LogP contribution in [0.3, 0.4) is 0 Å². The number of aryl methyl sites for hydroxylation is 1. The Morgan fingerprint density at radius 3 is 2.70 bits per heavy atom. The molecule has 0 aliphatic heterocycles. The molecule has 3 rings (SSSR count). The van der Waals surface area contributed by atoms with E-state index in [2.05, 4.69) is 20.6 Å². The summed E-state index contributed by atoms with van der Waals surface area (Å²) in [7, 11) is 1.67. The van der Waals surface area contributed by atoms with E-state index in [4.69, 9.17) is 9.15 Å². The predicted molar refractivity (Wildman–Crippen MR) is 82.1 cm³/mol. The van der Waals surface area contributed by atoms with Crippen LogP contribution in [-0.4, -0.2) is 32.5 Å². The van der Waals surface area contributed by atoms with Crippen LogP contribution in [0.25, 0.3) is 11.5 Å². The van der Waals surface area contributed by atoms with Crippen LogP contribution in [0.15, 0.2) is 40.9 Å². The summed E-state index contributed by atoms with van der Waals surface area (Å²) in [6.45, 7) is 2.52. The molecule has 0 radical (unpaired) electrons. The van der Waals surface area contributed by atoms with Gasteiger partial charge in [-0.15, -0.1) is 5.10 Å². The third-order valence-corrected chi connectivity index (χ3v) is 3.11. The molecule has 0 aliphatic carbocycles. The largest absolute Gasteiger partial charge is 0.494 e. The molecule has 8 heteroatoms. The molecule has 118 valence electrons. The van der Waals surface area contributed by atoms with Gasteiger partial charge in [0.15, 0.2) is 0 Å². The molecular formula is C15H15N5O3. The number of hydrogen-bond donors (Lipinski definition) is 1.